The first-order valence-electron chi connectivity index (χ1n) is 8.80. The zero-order valence-corrected chi connectivity index (χ0v) is 13.3. The van der Waals surface area contributed by atoms with E-state index in [1.54, 1.807) is 0 Å². The van der Waals surface area contributed by atoms with Crippen LogP contribution < -0.4 is 0 Å². The third-order valence-electron chi connectivity index (χ3n) is 6.07. The molecule has 0 spiro atoms. The summed E-state index contributed by atoms with van der Waals surface area (Å²) in [6.07, 6.45) is 6.07. The van der Waals surface area contributed by atoms with Crippen molar-refractivity contribution in [3.05, 3.63) is 35.4 Å². The topological polar surface area (TPSA) is 6.48 Å². The Bertz CT molecular complexity index is 490. The molecular formula is C19H28N2. The smallest absolute Gasteiger partial charge is 0.0234 e. The maximum Gasteiger partial charge on any atom is 0.0234 e. The average molecular weight is 284 g/mol. The summed E-state index contributed by atoms with van der Waals surface area (Å²) in [7, 11) is 0. The van der Waals surface area contributed by atoms with Crippen molar-refractivity contribution in [1.82, 2.24) is 9.80 Å². The van der Waals surface area contributed by atoms with E-state index in [0.717, 1.165) is 24.4 Å². The molecule has 1 aliphatic heterocycles. The van der Waals surface area contributed by atoms with Crippen molar-refractivity contribution in [2.45, 2.75) is 45.2 Å². The van der Waals surface area contributed by atoms with Gasteiger partial charge in [-0.3, -0.25) is 9.80 Å². The van der Waals surface area contributed by atoms with E-state index in [2.05, 4.69) is 41.0 Å². The van der Waals surface area contributed by atoms with Crippen molar-refractivity contribution in [1.29, 1.82) is 0 Å². The lowest BCUT2D eigenvalue weighted by Gasteiger charge is -2.41. The van der Waals surface area contributed by atoms with Crippen molar-refractivity contribution in [2.75, 3.05) is 26.2 Å². The molecule has 21 heavy (non-hydrogen) atoms. The summed E-state index contributed by atoms with van der Waals surface area (Å²) in [6, 6.07) is 9.93. The number of nitrogens with zero attached hydrogens (tertiary/aromatic N) is 2. The minimum atomic E-state index is 0.935. The molecule has 2 aliphatic carbocycles. The van der Waals surface area contributed by atoms with E-state index in [4.69, 9.17) is 0 Å². The summed E-state index contributed by atoms with van der Waals surface area (Å²) in [5.41, 5.74) is 2.86. The average Bonchev–Trinajstić information content (AvgIpc) is 3.11. The Morgan fingerprint density at radius 3 is 2.57 bits per heavy atom. The highest BCUT2D eigenvalue weighted by atomic mass is 15.3. The van der Waals surface area contributed by atoms with Gasteiger partial charge in [0.1, 0.15) is 0 Å². The van der Waals surface area contributed by atoms with Gasteiger partial charge in [0.25, 0.3) is 0 Å². The zero-order chi connectivity index (χ0) is 14.2. The summed E-state index contributed by atoms with van der Waals surface area (Å²) in [6.45, 7) is 8.41. The number of benzene rings is 1. The Hall–Kier alpha value is -0.860. The van der Waals surface area contributed by atoms with E-state index in [0.29, 0.717) is 0 Å². The van der Waals surface area contributed by atoms with E-state index < -0.39 is 0 Å². The lowest BCUT2D eigenvalue weighted by molar-refractivity contribution is 0.0679. The Balaban J connectivity index is 1.31. The van der Waals surface area contributed by atoms with Crippen LogP contribution in [0.3, 0.4) is 0 Å². The number of hydrogen-bond acceptors (Lipinski definition) is 2. The van der Waals surface area contributed by atoms with E-state index in [1.165, 1.54) is 63.0 Å². The third-order valence-corrected chi connectivity index (χ3v) is 6.07. The molecule has 2 saturated carbocycles. The zero-order valence-electron chi connectivity index (χ0n) is 13.3. The lowest BCUT2D eigenvalue weighted by atomic mass is 9.93. The van der Waals surface area contributed by atoms with Crippen molar-refractivity contribution < 1.29 is 0 Å². The van der Waals surface area contributed by atoms with E-state index in [9.17, 15) is 0 Å². The Morgan fingerprint density at radius 2 is 1.90 bits per heavy atom. The Kier molecular flexibility index (Phi) is 3.76. The van der Waals surface area contributed by atoms with Crippen LogP contribution in [0.25, 0.3) is 0 Å². The number of fused-ring (bicyclic) bond motifs is 2. The van der Waals surface area contributed by atoms with Crippen LogP contribution in [0.2, 0.25) is 0 Å². The van der Waals surface area contributed by atoms with Crippen LogP contribution in [0.5, 0.6) is 0 Å². The monoisotopic (exact) mass is 284 g/mol. The molecule has 0 amide bonds. The van der Waals surface area contributed by atoms with Gasteiger partial charge in [-0.05, 0) is 43.6 Å². The highest BCUT2D eigenvalue weighted by Gasteiger charge is 2.42. The van der Waals surface area contributed by atoms with Gasteiger partial charge in [0.15, 0.2) is 0 Å². The molecule has 0 unspecified atom stereocenters. The molecule has 1 aromatic rings. The molecule has 3 aliphatic rings. The standard InChI is InChI=1S/C19H28N2/c1-15-3-2-4-17(11-15)14-20-7-9-21(10-8-20)19-13-16-5-6-18(19)12-16/h2-4,11,16,18-19H,5-10,12-14H2,1H3/t16-,18-,19+/m0/s1. The van der Waals surface area contributed by atoms with Crippen LogP contribution in [0.1, 0.15) is 36.8 Å². The molecule has 1 aromatic carbocycles. The van der Waals surface area contributed by atoms with Gasteiger partial charge >= 0.3 is 0 Å². The number of aryl methyl sites for hydroxylation is 1. The maximum atomic E-state index is 2.82. The molecular weight excluding hydrogens is 256 g/mol. The van der Waals surface area contributed by atoms with Crippen LogP contribution in [-0.2, 0) is 6.54 Å². The second-order valence-corrected chi connectivity index (χ2v) is 7.54. The van der Waals surface area contributed by atoms with Crippen molar-refractivity contribution in [3.63, 3.8) is 0 Å². The van der Waals surface area contributed by atoms with Gasteiger partial charge in [0, 0.05) is 38.8 Å². The predicted octanol–water partition coefficient (Wildman–Crippen LogP) is 3.30. The molecule has 0 N–H and O–H groups in total. The minimum absolute atomic E-state index is 0.935. The van der Waals surface area contributed by atoms with Crippen LogP contribution in [0.15, 0.2) is 24.3 Å². The van der Waals surface area contributed by atoms with Gasteiger partial charge in [-0.2, -0.15) is 0 Å². The van der Waals surface area contributed by atoms with Gasteiger partial charge in [-0.15, -0.1) is 0 Å². The fourth-order valence-electron chi connectivity index (χ4n) is 4.98. The summed E-state index contributed by atoms with van der Waals surface area (Å²) in [4.78, 5) is 5.45. The third kappa shape index (κ3) is 2.89. The Labute approximate surface area is 129 Å². The van der Waals surface area contributed by atoms with Crippen molar-refractivity contribution in [2.24, 2.45) is 11.8 Å². The first kappa shape index (κ1) is 13.8. The lowest BCUT2D eigenvalue weighted by Crippen LogP contribution is -2.51. The van der Waals surface area contributed by atoms with E-state index in [-0.39, 0.29) is 0 Å². The largest absolute Gasteiger partial charge is 0.298 e. The second kappa shape index (κ2) is 5.73. The molecule has 1 heterocycles. The van der Waals surface area contributed by atoms with E-state index in [1.807, 2.05) is 0 Å². The first-order valence-corrected chi connectivity index (χ1v) is 8.80. The predicted molar refractivity (Wildman–Crippen MR) is 87.3 cm³/mol. The number of hydrogen-bond donors (Lipinski definition) is 0. The maximum absolute atomic E-state index is 2.82. The van der Waals surface area contributed by atoms with Crippen LogP contribution >= 0.6 is 0 Å². The highest BCUT2D eigenvalue weighted by molar-refractivity contribution is 5.22. The quantitative estimate of drug-likeness (QED) is 0.840. The molecule has 1 saturated heterocycles. The SMILES string of the molecule is Cc1cccc(CN2CCN([C@@H]3C[C@H]4CC[C@H]3C4)CC2)c1. The van der Waals surface area contributed by atoms with Crippen LogP contribution in [0.4, 0.5) is 0 Å². The molecule has 4 rings (SSSR count). The summed E-state index contributed by atoms with van der Waals surface area (Å²) in [5.74, 6) is 2.11. The minimum Gasteiger partial charge on any atom is -0.298 e. The van der Waals surface area contributed by atoms with Crippen molar-refractivity contribution >= 4 is 0 Å². The molecule has 0 aromatic heterocycles. The fraction of sp³-hybridized carbons (Fsp3) is 0.684. The number of piperazine rings is 1. The molecule has 0 radical (unpaired) electrons. The summed E-state index contributed by atoms with van der Waals surface area (Å²) in [5, 5.41) is 0. The Morgan fingerprint density at radius 1 is 1.05 bits per heavy atom. The molecule has 114 valence electrons. The van der Waals surface area contributed by atoms with Gasteiger partial charge in [0.05, 0.1) is 0 Å². The van der Waals surface area contributed by atoms with E-state index >= 15 is 0 Å². The van der Waals surface area contributed by atoms with Gasteiger partial charge < -0.3 is 0 Å². The number of rotatable bonds is 3. The fourth-order valence-corrected chi connectivity index (χ4v) is 4.98. The summed E-state index contributed by atoms with van der Waals surface area (Å²) >= 11 is 0. The van der Waals surface area contributed by atoms with Crippen molar-refractivity contribution in [3.8, 4) is 0 Å². The van der Waals surface area contributed by atoms with Gasteiger partial charge in [-0.25, -0.2) is 0 Å². The molecule has 2 bridgehead atoms. The normalized spacial score (nSPS) is 33.7. The van der Waals surface area contributed by atoms with Crippen LogP contribution in [-0.4, -0.2) is 42.0 Å². The molecule has 3 atom stereocenters. The highest BCUT2D eigenvalue weighted by Crippen LogP contribution is 2.46. The first-order chi connectivity index (χ1) is 10.3. The molecule has 3 fully saturated rings. The summed E-state index contributed by atoms with van der Waals surface area (Å²) < 4.78 is 0. The molecule has 2 nitrogen and oxygen atoms in total. The van der Waals surface area contributed by atoms with Crippen LogP contribution in [0, 0.1) is 18.8 Å². The van der Waals surface area contributed by atoms with Gasteiger partial charge in [0.2, 0.25) is 0 Å². The second-order valence-electron chi connectivity index (χ2n) is 7.54. The molecule has 2 heteroatoms. The van der Waals surface area contributed by atoms with Gasteiger partial charge in [-0.1, -0.05) is 36.2 Å².